The van der Waals surface area contributed by atoms with Crippen LogP contribution in [0.2, 0.25) is 0 Å². The molecule has 0 unspecified atom stereocenters. The summed E-state index contributed by atoms with van der Waals surface area (Å²) >= 11 is 0. The minimum absolute atomic E-state index is 0.931. The van der Waals surface area contributed by atoms with Crippen LogP contribution in [-0.4, -0.2) is 18.7 Å². The van der Waals surface area contributed by atoms with Crippen molar-refractivity contribution < 1.29 is 0 Å². The van der Waals surface area contributed by atoms with Gasteiger partial charge in [-0.3, -0.25) is 4.57 Å². The number of imidazole rings is 1. The molecule has 0 aliphatic carbocycles. The monoisotopic (exact) mass is 600 g/mol. The van der Waals surface area contributed by atoms with E-state index in [0.717, 1.165) is 39.5 Å². The first-order chi connectivity index (χ1) is 23.3. The number of hydrogen-bond acceptors (Lipinski definition) is 1. The second-order valence-corrected chi connectivity index (χ2v) is 12.0. The Labute approximate surface area is 271 Å². The van der Waals surface area contributed by atoms with Crippen molar-refractivity contribution >= 4 is 54.6 Å². The number of rotatable bonds is 4. The van der Waals surface area contributed by atoms with Crippen LogP contribution in [0.4, 0.5) is 0 Å². The summed E-state index contributed by atoms with van der Waals surface area (Å²) in [6.07, 6.45) is 0. The average Bonchev–Trinajstić information content (AvgIpc) is 3.80. The molecule has 0 bridgehead atoms. The van der Waals surface area contributed by atoms with E-state index in [4.69, 9.17) is 4.98 Å². The molecule has 7 aromatic carbocycles. The topological polar surface area (TPSA) is 27.7 Å². The molecule has 4 nitrogen and oxygen atoms in total. The minimum Gasteiger partial charge on any atom is -0.309 e. The summed E-state index contributed by atoms with van der Waals surface area (Å²) in [5, 5.41) is 5.02. The number of aromatic nitrogens is 4. The molecule has 0 saturated heterocycles. The molecule has 0 atom stereocenters. The summed E-state index contributed by atoms with van der Waals surface area (Å²) in [6.45, 7) is 0. The van der Waals surface area contributed by atoms with Crippen molar-refractivity contribution in [3.63, 3.8) is 0 Å². The van der Waals surface area contributed by atoms with Gasteiger partial charge in [0.2, 0.25) is 0 Å². The van der Waals surface area contributed by atoms with Gasteiger partial charge in [0.25, 0.3) is 0 Å². The number of para-hydroxylation sites is 6. The van der Waals surface area contributed by atoms with Crippen LogP contribution in [0.3, 0.4) is 0 Å². The Morgan fingerprint density at radius 2 is 0.894 bits per heavy atom. The fraction of sp³-hybridized carbons (Fsp3) is 0. The number of hydrogen-bond donors (Lipinski definition) is 0. The van der Waals surface area contributed by atoms with Gasteiger partial charge in [-0.2, -0.15) is 0 Å². The summed E-state index contributed by atoms with van der Waals surface area (Å²) < 4.78 is 7.09. The standard InChI is InChI=1S/C43H28N4/c1-3-13-30(14-4-1)46-37-20-10-7-17-33(37)34-27-28-40-41(42(34)46)35-18-8-11-21-38(35)45(40)32-25-23-29(24-26-32)43-44-36-19-9-12-22-39(36)47(43)31-15-5-2-6-16-31/h1-28H. The van der Waals surface area contributed by atoms with Crippen molar-refractivity contribution in [3.8, 4) is 28.5 Å². The molecule has 4 heteroatoms. The van der Waals surface area contributed by atoms with Gasteiger partial charge >= 0.3 is 0 Å². The van der Waals surface area contributed by atoms with Crippen LogP contribution in [0.25, 0.3) is 83.1 Å². The van der Waals surface area contributed by atoms with Gasteiger partial charge in [-0.25, -0.2) is 4.98 Å². The lowest BCUT2D eigenvalue weighted by molar-refractivity contribution is 1.10. The molecule has 0 saturated carbocycles. The highest BCUT2D eigenvalue weighted by Gasteiger charge is 2.21. The smallest absolute Gasteiger partial charge is 0.145 e. The van der Waals surface area contributed by atoms with Gasteiger partial charge in [-0.05, 0) is 78.9 Å². The van der Waals surface area contributed by atoms with Crippen LogP contribution < -0.4 is 0 Å². The molecule has 3 aromatic heterocycles. The Hall–Kier alpha value is -6.39. The van der Waals surface area contributed by atoms with Gasteiger partial charge in [-0.15, -0.1) is 0 Å². The van der Waals surface area contributed by atoms with E-state index in [1.807, 2.05) is 6.07 Å². The highest BCUT2D eigenvalue weighted by atomic mass is 15.1. The highest BCUT2D eigenvalue weighted by molar-refractivity contribution is 6.26. The maximum Gasteiger partial charge on any atom is 0.145 e. The zero-order chi connectivity index (χ0) is 30.9. The Morgan fingerprint density at radius 1 is 0.340 bits per heavy atom. The molecular formula is C43H28N4. The molecule has 10 rings (SSSR count). The first-order valence-corrected chi connectivity index (χ1v) is 16.0. The van der Waals surface area contributed by atoms with E-state index in [1.165, 1.54) is 43.6 Å². The Balaban J connectivity index is 1.22. The van der Waals surface area contributed by atoms with Crippen molar-refractivity contribution in [2.24, 2.45) is 0 Å². The summed E-state index contributed by atoms with van der Waals surface area (Å²) in [5.41, 5.74) is 11.3. The van der Waals surface area contributed by atoms with Crippen molar-refractivity contribution in [3.05, 3.63) is 170 Å². The predicted octanol–water partition coefficient (Wildman–Crippen LogP) is 10.9. The Bertz CT molecular complexity index is 2760. The van der Waals surface area contributed by atoms with Gasteiger partial charge in [0.15, 0.2) is 0 Å². The van der Waals surface area contributed by atoms with Crippen molar-refractivity contribution in [2.75, 3.05) is 0 Å². The molecular weight excluding hydrogens is 573 g/mol. The van der Waals surface area contributed by atoms with Crippen LogP contribution in [0.1, 0.15) is 0 Å². The van der Waals surface area contributed by atoms with E-state index >= 15 is 0 Å². The normalized spacial score (nSPS) is 11.8. The van der Waals surface area contributed by atoms with E-state index < -0.39 is 0 Å². The molecule has 3 heterocycles. The van der Waals surface area contributed by atoms with Crippen LogP contribution in [0.5, 0.6) is 0 Å². The molecule has 0 amide bonds. The number of benzene rings is 7. The molecule has 0 fully saturated rings. The highest BCUT2D eigenvalue weighted by Crippen LogP contribution is 2.42. The van der Waals surface area contributed by atoms with E-state index in [2.05, 4.69) is 177 Å². The van der Waals surface area contributed by atoms with E-state index in [9.17, 15) is 0 Å². The molecule has 0 radical (unpaired) electrons. The lowest BCUT2D eigenvalue weighted by atomic mass is 10.1. The molecule has 0 N–H and O–H groups in total. The summed E-state index contributed by atoms with van der Waals surface area (Å²) in [6, 6.07) is 60.5. The van der Waals surface area contributed by atoms with Crippen LogP contribution >= 0.6 is 0 Å². The zero-order valence-corrected chi connectivity index (χ0v) is 25.5. The van der Waals surface area contributed by atoms with E-state index in [-0.39, 0.29) is 0 Å². The lowest BCUT2D eigenvalue weighted by Crippen LogP contribution is -1.98. The van der Waals surface area contributed by atoms with Gasteiger partial charge < -0.3 is 9.13 Å². The van der Waals surface area contributed by atoms with Crippen molar-refractivity contribution in [2.45, 2.75) is 0 Å². The van der Waals surface area contributed by atoms with E-state index in [1.54, 1.807) is 0 Å². The quantitative estimate of drug-likeness (QED) is 0.197. The van der Waals surface area contributed by atoms with Crippen molar-refractivity contribution in [1.82, 2.24) is 18.7 Å². The molecule has 0 aliphatic heterocycles. The van der Waals surface area contributed by atoms with Gasteiger partial charge in [-0.1, -0.05) is 91.0 Å². The molecule has 220 valence electrons. The third-order valence-corrected chi connectivity index (χ3v) is 9.44. The molecule has 47 heavy (non-hydrogen) atoms. The van der Waals surface area contributed by atoms with Gasteiger partial charge in [0.1, 0.15) is 5.82 Å². The van der Waals surface area contributed by atoms with Crippen LogP contribution in [0, 0.1) is 0 Å². The zero-order valence-electron chi connectivity index (χ0n) is 25.5. The SMILES string of the molecule is c1ccc(-n2c(-c3ccc(-n4c5ccccc5c5c4ccc4c6ccccc6n(-c6ccccc6)c45)cc3)nc3ccccc32)cc1. The summed E-state index contributed by atoms with van der Waals surface area (Å²) in [4.78, 5) is 5.10. The second-order valence-electron chi connectivity index (χ2n) is 12.0. The maximum absolute atomic E-state index is 5.10. The van der Waals surface area contributed by atoms with Crippen LogP contribution in [0.15, 0.2) is 170 Å². The van der Waals surface area contributed by atoms with E-state index in [0.29, 0.717) is 0 Å². The fourth-order valence-electron chi connectivity index (χ4n) is 7.45. The van der Waals surface area contributed by atoms with Gasteiger partial charge in [0.05, 0.1) is 33.1 Å². The van der Waals surface area contributed by atoms with Gasteiger partial charge in [0, 0.05) is 44.2 Å². The number of fused-ring (bicyclic) bond motifs is 8. The molecule has 10 aromatic rings. The first kappa shape index (κ1) is 25.9. The molecule has 0 aliphatic rings. The molecule has 0 spiro atoms. The predicted molar refractivity (Wildman–Crippen MR) is 195 cm³/mol. The summed E-state index contributed by atoms with van der Waals surface area (Å²) in [5.74, 6) is 0.931. The largest absolute Gasteiger partial charge is 0.309 e. The summed E-state index contributed by atoms with van der Waals surface area (Å²) in [7, 11) is 0. The maximum atomic E-state index is 5.10. The third-order valence-electron chi connectivity index (χ3n) is 9.44. The second kappa shape index (κ2) is 10.1. The number of nitrogens with zero attached hydrogens (tertiary/aromatic N) is 4. The Kier molecular flexibility index (Phi) is 5.54. The fourth-order valence-corrected chi connectivity index (χ4v) is 7.45. The average molecular weight is 601 g/mol. The third kappa shape index (κ3) is 3.79. The van der Waals surface area contributed by atoms with Crippen molar-refractivity contribution in [1.29, 1.82) is 0 Å². The van der Waals surface area contributed by atoms with Crippen LogP contribution in [-0.2, 0) is 0 Å². The Morgan fingerprint density at radius 3 is 1.62 bits per heavy atom. The first-order valence-electron chi connectivity index (χ1n) is 16.0. The minimum atomic E-state index is 0.931. The lowest BCUT2D eigenvalue weighted by Gasteiger charge is -2.12.